The molecule has 1 aromatic rings. The number of nitro benzene ring substituents is 1. The first kappa shape index (κ1) is 14.7. The third kappa shape index (κ3) is 2.61. The Kier molecular flexibility index (Phi) is 3.92. The van der Waals surface area contributed by atoms with Gasteiger partial charge in [-0.3, -0.25) is 10.1 Å². The lowest BCUT2D eigenvalue weighted by atomic mass is 10.1. The summed E-state index contributed by atoms with van der Waals surface area (Å²) >= 11 is 0. The van der Waals surface area contributed by atoms with Gasteiger partial charge in [0.25, 0.3) is 0 Å². The zero-order valence-electron chi connectivity index (χ0n) is 13.0. The Bertz CT molecular complexity index is 609. The second kappa shape index (κ2) is 5.87. The highest BCUT2D eigenvalue weighted by molar-refractivity contribution is 5.69. The minimum Gasteiger partial charge on any atom is -0.490 e. The number of methoxy groups -OCH3 is 1. The van der Waals surface area contributed by atoms with Gasteiger partial charge < -0.3 is 14.5 Å². The van der Waals surface area contributed by atoms with Gasteiger partial charge >= 0.3 is 5.69 Å². The number of hydrogen-bond acceptors (Lipinski definition) is 5. The number of nitrogens with zero attached hydrogens (tertiary/aromatic N) is 3. The monoisotopic (exact) mass is 303 g/mol. The van der Waals surface area contributed by atoms with Crippen LogP contribution < -0.4 is 4.74 Å². The molecule has 6 nitrogen and oxygen atoms in total. The van der Waals surface area contributed by atoms with Crippen LogP contribution in [0.3, 0.4) is 0 Å². The standard InChI is InChI=1S/C16H21N3O3/c1-17-11-18(13-5-3-4-6-13)10-15(17)12-7-8-16(22-2)14(9-12)19(20)21/h7-10,13H,3-6,11H2,1-2H3. The normalized spacial score (nSPS) is 18.7. The summed E-state index contributed by atoms with van der Waals surface area (Å²) in [6.45, 7) is 0.847. The van der Waals surface area contributed by atoms with E-state index in [1.165, 1.54) is 32.8 Å². The molecule has 6 heteroatoms. The van der Waals surface area contributed by atoms with Crippen LogP contribution in [0.5, 0.6) is 5.75 Å². The smallest absolute Gasteiger partial charge is 0.311 e. The molecule has 1 aliphatic heterocycles. The molecule has 1 saturated carbocycles. The Hall–Kier alpha value is -2.24. The molecule has 0 radical (unpaired) electrons. The van der Waals surface area contributed by atoms with Crippen LogP contribution >= 0.6 is 0 Å². The third-order valence-electron chi connectivity index (χ3n) is 4.54. The van der Waals surface area contributed by atoms with E-state index < -0.39 is 4.92 Å². The molecule has 1 aliphatic carbocycles. The van der Waals surface area contributed by atoms with E-state index in [1.54, 1.807) is 12.1 Å². The van der Waals surface area contributed by atoms with E-state index in [9.17, 15) is 10.1 Å². The first-order valence-corrected chi connectivity index (χ1v) is 7.61. The summed E-state index contributed by atoms with van der Waals surface area (Å²) < 4.78 is 5.07. The number of rotatable bonds is 4. The van der Waals surface area contributed by atoms with Crippen LogP contribution in [-0.2, 0) is 0 Å². The average molecular weight is 303 g/mol. The van der Waals surface area contributed by atoms with Crippen molar-refractivity contribution in [2.75, 3.05) is 20.8 Å². The zero-order valence-corrected chi connectivity index (χ0v) is 13.0. The van der Waals surface area contributed by atoms with Crippen LogP contribution in [0.25, 0.3) is 5.70 Å². The maximum atomic E-state index is 11.2. The van der Waals surface area contributed by atoms with E-state index in [2.05, 4.69) is 16.0 Å². The topological polar surface area (TPSA) is 58.8 Å². The van der Waals surface area contributed by atoms with E-state index >= 15 is 0 Å². The molecule has 3 rings (SSSR count). The zero-order chi connectivity index (χ0) is 15.7. The van der Waals surface area contributed by atoms with Gasteiger partial charge in [0.1, 0.15) is 0 Å². The fraction of sp³-hybridized carbons (Fsp3) is 0.500. The fourth-order valence-electron chi connectivity index (χ4n) is 3.36. The van der Waals surface area contributed by atoms with Gasteiger partial charge in [-0.25, -0.2) is 0 Å². The Balaban J connectivity index is 1.91. The van der Waals surface area contributed by atoms with E-state index in [1.807, 2.05) is 13.1 Å². The second-order valence-electron chi connectivity index (χ2n) is 5.95. The average Bonchev–Trinajstić information content (AvgIpc) is 3.15. The van der Waals surface area contributed by atoms with E-state index in [0.29, 0.717) is 11.8 Å². The Morgan fingerprint density at radius 2 is 2.05 bits per heavy atom. The van der Waals surface area contributed by atoms with Crippen LogP contribution in [0.4, 0.5) is 5.69 Å². The Morgan fingerprint density at radius 3 is 2.68 bits per heavy atom. The molecule has 0 atom stereocenters. The summed E-state index contributed by atoms with van der Waals surface area (Å²) in [5, 5.41) is 11.2. The van der Waals surface area contributed by atoms with Gasteiger partial charge in [-0.2, -0.15) is 0 Å². The molecule has 0 aromatic heterocycles. The van der Waals surface area contributed by atoms with Gasteiger partial charge in [0, 0.05) is 30.9 Å². The number of nitro groups is 1. The molecule has 1 heterocycles. The molecule has 22 heavy (non-hydrogen) atoms. The number of ether oxygens (including phenoxy) is 1. The van der Waals surface area contributed by atoms with E-state index in [-0.39, 0.29) is 5.69 Å². The van der Waals surface area contributed by atoms with Gasteiger partial charge in [-0.15, -0.1) is 0 Å². The largest absolute Gasteiger partial charge is 0.490 e. The minimum absolute atomic E-state index is 0.00798. The minimum atomic E-state index is -0.396. The van der Waals surface area contributed by atoms with Crippen molar-refractivity contribution in [1.82, 2.24) is 9.80 Å². The number of benzene rings is 1. The summed E-state index contributed by atoms with van der Waals surface area (Å²) in [6, 6.07) is 5.75. The van der Waals surface area contributed by atoms with Crippen molar-refractivity contribution in [2.45, 2.75) is 31.7 Å². The molecule has 0 bridgehead atoms. The lowest BCUT2D eigenvalue weighted by Crippen LogP contribution is -2.30. The first-order valence-electron chi connectivity index (χ1n) is 7.61. The van der Waals surface area contributed by atoms with Crippen molar-refractivity contribution in [3.8, 4) is 5.75 Å². The van der Waals surface area contributed by atoms with Gasteiger partial charge in [0.15, 0.2) is 5.75 Å². The maximum Gasteiger partial charge on any atom is 0.311 e. The fourth-order valence-corrected chi connectivity index (χ4v) is 3.36. The molecule has 2 aliphatic rings. The first-order chi connectivity index (χ1) is 10.6. The van der Waals surface area contributed by atoms with Crippen LogP contribution in [0.1, 0.15) is 31.2 Å². The van der Waals surface area contributed by atoms with Gasteiger partial charge in [-0.1, -0.05) is 12.8 Å². The van der Waals surface area contributed by atoms with E-state index in [0.717, 1.165) is 17.9 Å². The van der Waals surface area contributed by atoms with Crippen molar-refractivity contribution < 1.29 is 9.66 Å². The molecule has 0 unspecified atom stereocenters. The van der Waals surface area contributed by atoms with Crippen LogP contribution in [0, 0.1) is 10.1 Å². The van der Waals surface area contributed by atoms with Crippen molar-refractivity contribution in [1.29, 1.82) is 0 Å². The predicted octanol–water partition coefficient (Wildman–Crippen LogP) is 3.05. The highest BCUT2D eigenvalue weighted by Crippen LogP contribution is 2.35. The summed E-state index contributed by atoms with van der Waals surface area (Å²) in [5.74, 6) is 0.294. The molecule has 0 amide bonds. The van der Waals surface area contributed by atoms with E-state index in [4.69, 9.17) is 4.74 Å². The van der Waals surface area contributed by atoms with Crippen molar-refractivity contribution in [2.24, 2.45) is 0 Å². The van der Waals surface area contributed by atoms with Crippen LogP contribution in [-0.4, -0.2) is 41.6 Å². The summed E-state index contributed by atoms with van der Waals surface area (Å²) in [7, 11) is 3.47. The van der Waals surface area contributed by atoms with Crippen molar-refractivity contribution in [3.63, 3.8) is 0 Å². The molecule has 1 fully saturated rings. The SMILES string of the molecule is COc1ccc(C2=CN(C3CCCC3)CN2C)cc1[N+](=O)[O-]. The third-order valence-corrected chi connectivity index (χ3v) is 4.54. The molecule has 0 spiro atoms. The lowest BCUT2D eigenvalue weighted by molar-refractivity contribution is -0.385. The van der Waals surface area contributed by atoms with Crippen molar-refractivity contribution >= 4 is 11.4 Å². The quantitative estimate of drug-likeness (QED) is 0.632. The van der Waals surface area contributed by atoms with Crippen LogP contribution in [0.2, 0.25) is 0 Å². The summed E-state index contributed by atoms with van der Waals surface area (Å²) in [6.07, 6.45) is 7.20. The molecule has 0 N–H and O–H groups in total. The maximum absolute atomic E-state index is 11.2. The van der Waals surface area contributed by atoms with Gasteiger partial charge in [0.05, 0.1) is 24.4 Å². The molecular weight excluding hydrogens is 282 g/mol. The summed E-state index contributed by atoms with van der Waals surface area (Å²) in [4.78, 5) is 15.3. The second-order valence-corrected chi connectivity index (χ2v) is 5.95. The number of hydrogen-bond donors (Lipinski definition) is 0. The van der Waals surface area contributed by atoms with Gasteiger partial charge in [0.2, 0.25) is 0 Å². The molecule has 1 aromatic carbocycles. The Labute approximate surface area is 130 Å². The summed E-state index contributed by atoms with van der Waals surface area (Å²) in [5.41, 5.74) is 1.89. The van der Waals surface area contributed by atoms with Gasteiger partial charge in [-0.05, 0) is 25.0 Å². The molecule has 118 valence electrons. The van der Waals surface area contributed by atoms with Crippen molar-refractivity contribution in [3.05, 3.63) is 40.1 Å². The highest BCUT2D eigenvalue weighted by Gasteiger charge is 2.28. The molecule has 0 saturated heterocycles. The predicted molar refractivity (Wildman–Crippen MR) is 84.4 cm³/mol. The molecular formula is C16H21N3O3. The Morgan fingerprint density at radius 1 is 1.32 bits per heavy atom. The highest BCUT2D eigenvalue weighted by atomic mass is 16.6. The van der Waals surface area contributed by atoms with Crippen LogP contribution in [0.15, 0.2) is 24.4 Å². The lowest BCUT2D eigenvalue weighted by Gasteiger charge is -2.25.